The summed E-state index contributed by atoms with van der Waals surface area (Å²) in [6.07, 6.45) is -2.99. The first kappa shape index (κ1) is 14.3. The number of hydrogen-bond donors (Lipinski definition) is 2. The van der Waals surface area contributed by atoms with Crippen molar-refractivity contribution in [1.82, 2.24) is 19.9 Å². The number of H-pyrrole nitrogens is 1. The van der Waals surface area contributed by atoms with Crippen molar-refractivity contribution in [3.8, 4) is 0 Å². The Bertz CT molecular complexity index is 810. The van der Waals surface area contributed by atoms with Crippen molar-refractivity contribution < 1.29 is 13.2 Å². The highest BCUT2D eigenvalue weighted by Crippen LogP contribution is 2.29. The van der Waals surface area contributed by atoms with Gasteiger partial charge in [0, 0.05) is 6.54 Å². The first-order valence-corrected chi connectivity index (χ1v) is 6.51. The van der Waals surface area contributed by atoms with Crippen LogP contribution in [0.3, 0.4) is 0 Å². The van der Waals surface area contributed by atoms with Crippen LogP contribution in [-0.4, -0.2) is 19.9 Å². The lowest BCUT2D eigenvalue weighted by Crippen LogP contribution is -2.07. The Morgan fingerprint density at radius 1 is 1.23 bits per heavy atom. The highest BCUT2D eigenvalue weighted by Gasteiger charge is 2.30. The molecule has 8 heteroatoms. The quantitative estimate of drug-likeness (QED) is 0.779. The van der Waals surface area contributed by atoms with Gasteiger partial charge in [-0.3, -0.25) is 0 Å². The summed E-state index contributed by atoms with van der Waals surface area (Å²) in [6.45, 7) is 2.01. The summed E-state index contributed by atoms with van der Waals surface area (Å²) in [5, 5.41) is 3.01. The van der Waals surface area contributed by atoms with Crippen LogP contribution in [0.25, 0.3) is 11.2 Å². The van der Waals surface area contributed by atoms with E-state index in [1.165, 1.54) is 12.4 Å². The summed E-state index contributed by atoms with van der Waals surface area (Å²) >= 11 is 0. The van der Waals surface area contributed by atoms with Crippen LogP contribution in [0.15, 0.2) is 30.6 Å². The van der Waals surface area contributed by atoms with E-state index in [9.17, 15) is 13.2 Å². The van der Waals surface area contributed by atoms with Crippen molar-refractivity contribution in [1.29, 1.82) is 0 Å². The maximum atomic E-state index is 12.7. The molecule has 3 rings (SSSR count). The largest absolute Gasteiger partial charge is 0.416 e. The van der Waals surface area contributed by atoms with E-state index in [-0.39, 0.29) is 6.54 Å². The van der Waals surface area contributed by atoms with Crippen molar-refractivity contribution in [2.75, 3.05) is 5.32 Å². The minimum Gasteiger partial charge on any atom is -0.364 e. The number of fused-ring (bicyclic) bond motifs is 1. The minimum absolute atomic E-state index is 0.216. The number of aryl methyl sites for hydroxylation is 1. The van der Waals surface area contributed by atoms with E-state index < -0.39 is 11.7 Å². The molecule has 5 nitrogen and oxygen atoms in total. The van der Waals surface area contributed by atoms with Gasteiger partial charge in [0.15, 0.2) is 11.5 Å². The van der Waals surface area contributed by atoms with Gasteiger partial charge in [0.25, 0.3) is 0 Å². The fourth-order valence-corrected chi connectivity index (χ4v) is 2.12. The monoisotopic (exact) mass is 307 g/mol. The fraction of sp³-hybridized carbons (Fsp3) is 0.214. The molecule has 0 radical (unpaired) electrons. The molecule has 0 fully saturated rings. The van der Waals surface area contributed by atoms with E-state index in [4.69, 9.17) is 0 Å². The third-order valence-corrected chi connectivity index (χ3v) is 3.12. The Kier molecular flexibility index (Phi) is 3.44. The maximum Gasteiger partial charge on any atom is 0.416 e. The molecule has 2 aromatic heterocycles. The number of anilines is 1. The summed E-state index contributed by atoms with van der Waals surface area (Å²) in [7, 11) is 0. The van der Waals surface area contributed by atoms with Crippen LogP contribution >= 0.6 is 0 Å². The van der Waals surface area contributed by atoms with Gasteiger partial charge in [-0.1, -0.05) is 12.1 Å². The van der Waals surface area contributed by atoms with Gasteiger partial charge in [0.1, 0.15) is 17.7 Å². The number of rotatable bonds is 3. The van der Waals surface area contributed by atoms with E-state index in [2.05, 4.69) is 25.3 Å². The summed E-state index contributed by atoms with van der Waals surface area (Å²) in [4.78, 5) is 15.3. The zero-order valence-corrected chi connectivity index (χ0v) is 11.6. The molecule has 2 heterocycles. The molecule has 0 aliphatic carbocycles. The SMILES string of the molecule is Cc1nc2ncnc(NCc3cccc(C(F)(F)F)c3)c2[nH]1. The number of aromatic nitrogens is 4. The Balaban J connectivity index is 1.82. The summed E-state index contributed by atoms with van der Waals surface area (Å²) in [5.74, 6) is 1.20. The first-order chi connectivity index (χ1) is 10.4. The molecule has 3 aromatic rings. The molecule has 2 N–H and O–H groups in total. The van der Waals surface area contributed by atoms with E-state index in [1.807, 2.05) is 0 Å². The van der Waals surface area contributed by atoms with Gasteiger partial charge in [0.05, 0.1) is 5.56 Å². The van der Waals surface area contributed by atoms with Crippen molar-refractivity contribution in [2.24, 2.45) is 0 Å². The van der Waals surface area contributed by atoms with Gasteiger partial charge >= 0.3 is 6.18 Å². The maximum absolute atomic E-state index is 12.7. The van der Waals surface area contributed by atoms with Gasteiger partial charge in [-0.15, -0.1) is 0 Å². The summed E-state index contributed by atoms with van der Waals surface area (Å²) in [6, 6.07) is 5.17. The van der Waals surface area contributed by atoms with Crippen LogP contribution in [0.1, 0.15) is 17.0 Å². The lowest BCUT2D eigenvalue weighted by atomic mass is 10.1. The zero-order chi connectivity index (χ0) is 15.7. The smallest absolute Gasteiger partial charge is 0.364 e. The van der Waals surface area contributed by atoms with Crippen molar-refractivity contribution >= 4 is 17.0 Å². The molecule has 0 spiro atoms. The normalized spacial score (nSPS) is 11.8. The second-order valence-corrected chi connectivity index (χ2v) is 4.79. The van der Waals surface area contributed by atoms with Gasteiger partial charge in [-0.2, -0.15) is 13.2 Å². The lowest BCUT2D eigenvalue weighted by molar-refractivity contribution is -0.137. The van der Waals surface area contributed by atoms with E-state index >= 15 is 0 Å². The molecule has 0 aliphatic rings. The molecule has 0 saturated carbocycles. The second-order valence-electron chi connectivity index (χ2n) is 4.79. The molecular weight excluding hydrogens is 295 g/mol. The zero-order valence-electron chi connectivity index (χ0n) is 11.6. The predicted octanol–water partition coefficient (Wildman–Crippen LogP) is 3.29. The van der Waals surface area contributed by atoms with Gasteiger partial charge in [-0.25, -0.2) is 15.0 Å². The van der Waals surface area contributed by atoms with E-state index in [1.54, 1.807) is 13.0 Å². The lowest BCUT2D eigenvalue weighted by Gasteiger charge is -2.10. The summed E-state index contributed by atoms with van der Waals surface area (Å²) < 4.78 is 38.1. The van der Waals surface area contributed by atoms with Crippen molar-refractivity contribution in [3.05, 3.63) is 47.5 Å². The number of aromatic amines is 1. The predicted molar refractivity (Wildman–Crippen MR) is 75.2 cm³/mol. The van der Waals surface area contributed by atoms with Crippen LogP contribution < -0.4 is 5.32 Å². The molecule has 1 aromatic carbocycles. The van der Waals surface area contributed by atoms with E-state index in [0.29, 0.717) is 28.4 Å². The number of nitrogens with zero attached hydrogens (tertiary/aromatic N) is 3. The molecule has 0 atom stereocenters. The highest BCUT2D eigenvalue weighted by atomic mass is 19.4. The molecule has 0 bridgehead atoms. The number of nitrogens with one attached hydrogen (secondary N) is 2. The molecule has 0 amide bonds. The standard InChI is InChI=1S/C14H12F3N5/c1-8-21-11-12(19-7-20-13(11)22-8)18-6-9-3-2-4-10(5-9)14(15,16)17/h2-5,7H,6H2,1H3,(H2,18,19,20,21,22). The third-order valence-electron chi connectivity index (χ3n) is 3.12. The summed E-state index contributed by atoms with van der Waals surface area (Å²) in [5.41, 5.74) is 0.987. The van der Waals surface area contributed by atoms with Gasteiger partial charge in [0.2, 0.25) is 0 Å². The fourth-order valence-electron chi connectivity index (χ4n) is 2.12. The van der Waals surface area contributed by atoms with Crippen LogP contribution in [-0.2, 0) is 12.7 Å². The van der Waals surface area contributed by atoms with Crippen LogP contribution in [0.4, 0.5) is 19.0 Å². The van der Waals surface area contributed by atoms with Gasteiger partial charge < -0.3 is 10.3 Å². The Labute approximate surface area is 123 Å². The number of benzene rings is 1. The van der Waals surface area contributed by atoms with Gasteiger partial charge in [-0.05, 0) is 24.6 Å². The highest BCUT2D eigenvalue weighted by molar-refractivity contribution is 5.82. The Hall–Kier alpha value is -2.64. The first-order valence-electron chi connectivity index (χ1n) is 6.51. The molecular formula is C14H12F3N5. The number of imidazole rings is 1. The Morgan fingerprint density at radius 3 is 2.82 bits per heavy atom. The van der Waals surface area contributed by atoms with Crippen molar-refractivity contribution in [2.45, 2.75) is 19.6 Å². The average Bonchev–Trinajstić information content (AvgIpc) is 2.85. The third kappa shape index (κ3) is 2.85. The van der Waals surface area contributed by atoms with Crippen LogP contribution in [0.2, 0.25) is 0 Å². The van der Waals surface area contributed by atoms with Crippen molar-refractivity contribution in [3.63, 3.8) is 0 Å². The molecule has 0 saturated heterocycles. The van der Waals surface area contributed by atoms with E-state index in [0.717, 1.165) is 12.1 Å². The molecule has 22 heavy (non-hydrogen) atoms. The topological polar surface area (TPSA) is 66.5 Å². The Morgan fingerprint density at radius 2 is 2.05 bits per heavy atom. The number of halogens is 3. The average molecular weight is 307 g/mol. The van der Waals surface area contributed by atoms with Crippen LogP contribution in [0.5, 0.6) is 0 Å². The molecule has 114 valence electrons. The van der Waals surface area contributed by atoms with Crippen LogP contribution in [0, 0.1) is 6.92 Å². The minimum atomic E-state index is -4.35. The molecule has 0 unspecified atom stereocenters. The molecule has 0 aliphatic heterocycles. The number of alkyl halides is 3. The second kappa shape index (κ2) is 5.28. The number of hydrogen-bond acceptors (Lipinski definition) is 4.